The molecule has 7 heteroatoms. The van der Waals surface area contributed by atoms with E-state index in [2.05, 4.69) is 27.3 Å². The van der Waals surface area contributed by atoms with Crippen molar-refractivity contribution in [3.8, 4) is 0 Å². The van der Waals surface area contributed by atoms with E-state index in [1.165, 1.54) is 11.8 Å². The van der Waals surface area contributed by atoms with Crippen molar-refractivity contribution in [2.45, 2.75) is 19.8 Å². The summed E-state index contributed by atoms with van der Waals surface area (Å²) >= 11 is 0. The Labute approximate surface area is 140 Å². The molecule has 2 heterocycles. The van der Waals surface area contributed by atoms with Gasteiger partial charge in [0.25, 0.3) is 5.56 Å². The van der Waals surface area contributed by atoms with Crippen LogP contribution in [0.25, 0.3) is 0 Å². The van der Waals surface area contributed by atoms with E-state index in [9.17, 15) is 9.59 Å². The molecule has 7 nitrogen and oxygen atoms in total. The fraction of sp³-hybridized carbons (Fsp3) is 0.294. The van der Waals surface area contributed by atoms with Crippen molar-refractivity contribution in [1.29, 1.82) is 0 Å². The van der Waals surface area contributed by atoms with Gasteiger partial charge in [-0.15, -0.1) is 0 Å². The average molecular weight is 327 g/mol. The van der Waals surface area contributed by atoms with Crippen LogP contribution in [0.4, 0.5) is 11.6 Å². The molecule has 0 atom stereocenters. The third kappa shape index (κ3) is 4.77. The number of allylic oxidation sites excluding steroid dienone is 5. The fourth-order valence-corrected chi connectivity index (χ4v) is 2.08. The molecule has 0 radical (unpaired) electrons. The van der Waals surface area contributed by atoms with Gasteiger partial charge in [-0.3, -0.25) is 14.6 Å². The number of nitrogens with zero attached hydrogens (tertiary/aromatic N) is 3. The molecule has 0 fully saturated rings. The summed E-state index contributed by atoms with van der Waals surface area (Å²) in [6, 6.07) is 0. The second-order valence-corrected chi connectivity index (χ2v) is 5.35. The minimum Gasteiger partial charge on any atom is -0.382 e. The summed E-state index contributed by atoms with van der Waals surface area (Å²) in [4.78, 5) is 28.4. The summed E-state index contributed by atoms with van der Waals surface area (Å²) in [7, 11) is 1.67. The maximum absolute atomic E-state index is 11.5. The van der Waals surface area contributed by atoms with Crippen LogP contribution in [0.1, 0.15) is 19.8 Å². The highest BCUT2D eigenvalue weighted by atomic mass is 16.1. The average Bonchev–Trinajstić information content (AvgIpc) is 2.63. The van der Waals surface area contributed by atoms with E-state index in [1.54, 1.807) is 18.3 Å². The number of hydrogen-bond donors (Lipinski definition) is 2. The molecule has 0 saturated heterocycles. The number of anilines is 2. The molecule has 1 aromatic rings. The van der Waals surface area contributed by atoms with Gasteiger partial charge in [0, 0.05) is 13.3 Å². The van der Waals surface area contributed by atoms with Gasteiger partial charge in [-0.1, -0.05) is 23.8 Å². The molecule has 2 aliphatic rings. The standard InChI is InChI=1S/C9H11N5O.C8H10O/c1-10-7-6-11-9(13-8(7)15)14-5-3-2-4-12-14;1-7-2-4-8(6-9)5-3-7/h2-4,6,10H,5H2,1H3,(H,11,13,15);2,4,6H,3,5H2,1H3. The van der Waals surface area contributed by atoms with Crippen LogP contribution in [0.5, 0.6) is 0 Å². The van der Waals surface area contributed by atoms with Gasteiger partial charge < -0.3 is 5.32 Å². The molecule has 1 aliphatic heterocycles. The highest BCUT2D eigenvalue weighted by Crippen LogP contribution is 2.15. The van der Waals surface area contributed by atoms with Crippen molar-refractivity contribution in [2.75, 3.05) is 23.9 Å². The van der Waals surface area contributed by atoms with E-state index in [-0.39, 0.29) is 5.56 Å². The third-order valence-corrected chi connectivity index (χ3v) is 3.55. The normalized spacial score (nSPS) is 15.8. The van der Waals surface area contributed by atoms with Crippen LogP contribution in [0.3, 0.4) is 0 Å². The predicted molar refractivity (Wildman–Crippen MR) is 96.5 cm³/mol. The number of nitrogens with one attached hydrogen (secondary N) is 2. The van der Waals surface area contributed by atoms with Gasteiger partial charge in [0.1, 0.15) is 12.0 Å². The first-order chi connectivity index (χ1) is 11.6. The van der Waals surface area contributed by atoms with Crippen molar-refractivity contribution in [1.82, 2.24) is 9.97 Å². The zero-order valence-electron chi connectivity index (χ0n) is 13.8. The summed E-state index contributed by atoms with van der Waals surface area (Å²) in [5.41, 5.74) is 2.52. The first kappa shape index (κ1) is 17.4. The van der Waals surface area contributed by atoms with E-state index in [4.69, 9.17) is 0 Å². The van der Waals surface area contributed by atoms with Gasteiger partial charge in [-0.05, 0) is 31.4 Å². The van der Waals surface area contributed by atoms with Gasteiger partial charge >= 0.3 is 0 Å². The molecule has 1 aliphatic carbocycles. The number of aromatic amines is 1. The second kappa shape index (κ2) is 8.61. The van der Waals surface area contributed by atoms with Crippen molar-refractivity contribution in [2.24, 2.45) is 5.10 Å². The summed E-state index contributed by atoms with van der Waals surface area (Å²) in [6.45, 7) is 2.69. The zero-order chi connectivity index (χ0) is 17.4. The number of hydrogen-bond acceptors (Lipinski definition) is 6. The monoisotopic (exact) mass is 327 g/mol. The third-order valence-electron chi connectivity index (χ3n) is 3.55. The molecular formula is C17H21N5O2. The maximum Gasteiger partial charge on any atom is 0.275 e. The highest BCUT2D eigenvalue weighted by Gasteiger charge is 2.08. The lowest BCUT2D eigenvalue weighted by Gasteiger charge is -2.16. The van der Waals surface area contributed by atoms with Crippen LogP contribution in [-0.4, -0.2) is 36.1 Å². The molecule has 1 aromatic heterocycles. The Balaban J connectivity index is 0.000000198. The first-order valence-corrected chi connectivity index (χ1v) is 7.69. The second-order valence-electron chi connectivity index (χ2n) is 5.35. The molecule has 0 amide bonds. The topological polar surface area (TPSA) is 90.4 Å². The van der Waals surface area contributed by atoms with Gasteiger partial charge in [-0.25, -0.2) is 9.99 Å². The summed E-state index contributed by atoms with van der Waals surface area (Å²) < 4.78 is 0. The van der Waals surface area contributed by atoms with E-state index in [1.807, 2.05) is 24.3 Å². The van der Waals surface area contributed by atoms with Crippen LogP contribution in [0.15, 0.2) is 51.5 Å². The molecule has 2 N–H and O–H groups in total. The fourth-order valence-electron chi connectivity index (χ4n) is 2.08. The lowest BCUT2D eigenvalue weighted by atomic mass is 10.0. The number of carbonyl (C=O) groups is 1. The Morgan fingerprint density at radius 2 is 2.17 bits per heavy atom. The largest absolute Gasteiger partial charge is 0.382 e. The number of carbonyl (C=O) groups excluding carboxylic acids is 1. The number of rotatable bonds is 3. The van der Waals surface area contributed by atoms with Crippen LogP contribution in [-0.2, 0) is 4.79 Å². The lowest BCUT2D eigenvalue weighted by Crippen LogP contribution is -2.24. The number of hydrazone groups is 1. The van der Waals surface area contributed by atoms with E-state index in [0.717, 1.165) is 24.7 Å². The number of aldehydes is 1. The predicted octanol–water partition coefficient (Wildman–Crippen LogP) is 2.03. The van der Waals surface area contributed by atoms with Crippen molar-refractivity contribution in [3.05, 3.63) is 52.0 Å². The van der Waals surface area contributed by atoms with Crippen LogP contribution in [0, 0.1) is 0 Å². The Morgan fingerprint density at radius 3 is 2.71 bits per heavy atom. The molecule has 0 unspecified atom stereocenters. The van der Waals surface area contributed by atoms with Crippen LogP contribution >= 0.6 is 0 Å². The van der Waals surface area contributed by atoms with Gasteiger partial charge in [0.2, 0.25) is 5.95 Å². The van der Waals surface area contributed by atoms with Crippen molar-refractivity contribution < 1.29 is 4.79 Å². The summed E-state index contributed by atoms with van der Waals surface area (Å²) in [5.74, 6) is 0.444. The molecule has 0 saturated carbocycles. The number of H-pyrrole nitrogens is 1. The maximum atomic E-state index is 11.5. The summed E-state index contributed by atoms with van der Waals surface area (Å²) in [6.07, 6.45) is 13.7. The molecule has 24 heavy (non-hydrogen) atoms. The quantitative estimate of drug-likeness (QED) is 0.829. The van der Waals surface area contributed by atoms with Crippen LogP contribution in [0.2, 0.25) is 0 Å². The molecule has 0 spiro atoms. The number of aromatic nitrogens is 2. The molecule has 126 valence electrons. The SMILES string of the molecule is CC1=CC=C(C=O)CC1.CNc1cnc(N2CC=CC=N2)[nH]c1=O. The molecular weight excluding hydrogens is 306 g/mol. The Morgan fingerprint density at radius 1 is 1.33 bits per heavy atom. The Hall–Kier alpha value is -2.96. The smallest absolute Gasteiger partial charge is 0.275 e. The molecule has 0 bridgehead atoms. The van der Waals surface area contributed by atoms with E-state index < -0.39 is 0 Å². The van der Waals surface area contributed by atoms with Gasteiger partial charge in [-0.2, -0.15) is 5.10 Å². The Kier molecular flexibility index (Phi) is 6.24. The van der Waals surface area contributed by atoms with E-state index in [0.29, 0.717) is 18.2 Å². The van der Waals surface area contributed by atoms with Gasteiger partial charge in [0.05, 0.1) is 12.7 Å². The summed E-state index contributed by atoms with van der Waals surface area (Å²) in [5, 5.41) is 8.42. The molecule has 0 aromatic carbocycles. The van der Waals surface area contributed by atoms with Crippen LogP contribution < -0.4 is 15.9 Å². The highest BCUT2D eigenvalue weighted by molar-refractivity contribution is 5.74. The zero-order valence-corrected chi connectivity index (χ0v) is 13.8. The van der Waals surface area contributed by atoms with Crippen molar-refractivity contribution in [3.63, 3.8) is 0 Å². The Bertz CT molecular complexity index is 758. The first-order valence-electron chi connectivity index (χ1n) is 7.69. The van der Waals surface area contributed by atoms with Crippen molar-refractivity contribution >= 4 is 24.1 Å². The lowest BCUT2D eigenvalue weighted by molar-refractivity contribution is -0.105. The minimum absolute atomic E-state index is 0.202. The van der Waals surface area contributed by atoms with E-state index >= 15 is 0 Å². The van der Waals surface area contributed by atoms with Gasteiger partial charge in [0.15, 0.2) is 0 Å². The minimum atomic E-state index is -0.202. The molecule has 3 rings (SSSR count).